The Bertz CT molecular complexity index is 140. The molecule has 0 radical (unpaired) electrons. The average molecular weight is 199 g/mol. The Balaban J connectivity index is 4.21. The zero-order valence-corrected chi connectivity index (χ0v) is 11.0. The zero-order chi connectivity index (χ0) is 11.2. The van der Waals surface area contributed by atoms with Gasteiger partial charge in [-0.25, -0.2) is 0 Å². The Kier molecular flexibility index (Phi) is 5.73. The maximum atomic E-state index is 3.65. The van der Waals surface area contributed by atoms with Gasteiger partial charge in [-0.2, -0.15) is 0 Å². The molecular weight excluding hydrogens is 170 g/mol. The molecule has 0 amide bonds. The Morgan fingerprint density at radius 1 is 0.929 bits per heavy atom. The Morgan fingerprint density at radius 2 is 1.43 bits per heavy atom. The van der Waals surface area contributed by atoms with E-state index < -0.39 is 0 Å². The van der Waals surface area contributed by atoms with Crippen LogP contribution in [0.25, 0.3) is 0 Å². The lowest BCUT2D eigenvalue weighted by Gasteiger charge is -2.35. The third-order valence-corrected chi connectivity index (χ3v) is 3.27. The van der Waals surface area contributed by atoms with Crippen molar-refractivity contribution in [3.8, 4) is 0 Å². The molecule has 0 heterocycles. The summed E-state index contributed by atoms with van der Waals surface area (Å²) < 4.78 is 0. The van der Waals surface area contributed by atoms with Crippen LogP contribution in [-0.2, 0) is 0 Å². The van der Waals surface area contributed by atoms with E-state index in [9.17, 15) is 0 Å². The van der Waals surface area contributed by atoms with Gasteiger partial charge in [0.1, 0.15) is 0 Å². The summed E-state index contributed by atoms with van der Waals surface area (Å²) in [6.45, 7) is 14.8. The van der Waals surface area contributed by atoms with Crippen LogP contribution >= 0.6 is 0 Å². The molecule has 0 aliphatic heterocycles. The van der Waals surface area contributed by atoms with Crippen molar-refractivity contribution in [2.45, 2.75) is 72.8 Å². The molecule has 0 aromatic heterocycles. The highest BCUT2D eigenvalue weighted by molar-refractivity contribution is 4.82. The van der Waals surface area contributed by atoms with Gasteiger partial charge < -0.3 is 5.32 Å². The van der Waals surface area contributed by atoms with E-state index in [1.807, 2.05) is 0 Å². The van der Waals surface area contributed by atoms with Crippen LogP contribution in [-0.4, -0.2) is 12.1 Å². The van der Waals surface area contributed by atoms with Crippen LogP contribution in [0.5, 0.6) is 0 Å². The molecule has 0 atom stereocenters. The van der Waals surface area contributed by atoms with Crippen molar-refractivity contribution in [1.29, 1.82) is 0 Å². The molecule has 0 saturated carbocycles. The van der Waals surface area contributed by atoms with Crippen molar-refractivity contribution in [2.75, 3.05) is 6.54 Å². The van der Waals surface area contributed by atoms with Gasteiger partial charge in [0.05, 0.1) is 0 Å². The Hall–Kier alpha value is -0.0400. The number of rotatable bonds is 6. The summed E-state index contributed by atoms with van der Waals surface area (Å²) in [5.74, 6) is 0. The molecule has 0 rings (SSSR count). The van der Waals surface area contributed by atoms with Crippen LogP contribution in [0.15, 0.2) is 0 Å². The molecule has 1 heteroatoms. The van der Waals surface area contributed by atoms with E-state index in [1.54, 1.807) is 0 Å². The average Bonchev–Trinajstić information content (AvgIpc) is 2.11. The molecule has 86 valence electrons. The Morgan fingerprint density at radius 3 is 1.71 bits per heavy atom. The topological polar surface area (TPSA) is 12.0 Å². The minimum Gasteiger partial charge on any atom is -0.312 e. The lowest BCUT2D eigenvalue weighted by molar-refractivity contribution is 0.203. The Labute approximate surface area is 90.7 Å². The predicted octanol–water partition coefficient (Wildman–Crippen LogP) is 3.98. The molecule has 0 fully saturated rings. The van der Waals surface area contributed by atoms with E-state index in [0.717, 1.165) is 6.54 Å². The molecule has 0 aliphatic carbocycles. The molecule has 1 N–H and O–H groups in total. The first-order valence-corrected chi connectivity index (χ1v) is 6.14. The molecular formula is C13H29N. The lowest BCUT2D eigenvalue weighted by atomic mass is 9.78. The van der Waals surface area contributed by atoms with Crippen molar-refractivity contribution in [1.82, 2.24) is 5.32 Å². The minimum absolute atomic E-state index is 0.253. The first kappa shape index (κ1) is 14.0. The molecule has 1 nitrogen and oxygen atoms in total. The van der Waals surface area contributed by atoms with Crippen LogP contribution in [0, 0.1) is 5.41 Å². The first-order valence-electron chi connectivity index (χ1n) is 6.14. The summed E-state index contributed by atoms with van der Waals surface area (Å²) in [7, 11) is 0. The number of hydrogen-bond acceptors (Lipinski definition) is 1. The van der Waals surface area contributed by atoms with Gasteiger partial charge in [0.2, 0.25) is 0 Å². The van der Waals surface area contributed by atoms with E-state index in [4.69, 9.17) is 0 Å². The van der Waals surface area contributed by atoms with E-state index in [0.29, 0.717) is 5.41 Å². The van der Waals surface area contributed by atoms with E-state index in [-0.39, 0.29) is 5.54 Å². The number of hydrogen-bond donors (Lipinski definition) is 1. The fraction of sp³-hybridized carbons (Fsp3) is 1.00. The van der Waals surface area contributed by atoms with Crippen LogP contribution in [0.2, 0.25) is 0 Å². The quantitative estimate of drug-likeness (QED) is 0.682. The fourth-order valence-electron chi connectivity index (χ4n) is 1.92. The van der Waals surface area contributed by atoms with Gasteiger partial charge in [-0.3, -0.25) is 0 Å². The third kappa shape index (κ3) is 4.99. The maximum absolute atomic E-state index is 3.65. The summed E-state index contributed by atoms with van der Waals surface area (Å²) in [6, 6.07) is 0. The molecule has 0 aliphatic rings. The van der Waals surface area contributed by atoms with Crippen molar-refractivity contribution >= 4 is 0 Å². The van der Waals surface area contributed by atoms with Crippen LogP contribution in [0.1, 0.15) is 67.2 Å². The summed E-state index contributed by atoms with van der Waals surface area (Å²) in [5.41, 5.74) is 0.783. The van der Waals surface area contributed by atoms with Gasteiger partial charge >= 0.3 is 0 Å². The smallest absolute Gasteiger partial charge is 0.00967 e. The summed E-state index contributed by atoms with van der Waals surface area (Å²) in [6.07, 6.45) is 5.23. The first-order chi connectivity index (χ1) is 6.39. The fourth-order valence-corrected chi connectivity index (χ4v) is 1.92. The lowest BCUT2D eigenvalue weighted by Crippen LogP contribution is -2.43. The molecule has 0 unspecified atom stereocenters. The highest BCUT2D eigenvalue weighted by atomic mass is 15.0. The standard InChI is InChI=1S/C13H29N/c1-7-10-13(8-2,9-3)11-14-12(4,5)6/h14H,7-11H2,1-6H3. The zero-order valence-electron chi connectivity index (χ0n) is 11.0. The normalized spacial score (nSPS) is 13.3. The summed E-state index contributed by atoms with van der Waals surface area (Å²) in [4.78, 5) is 0. The maximum Gasteiger partial charge on any atom is 0.00967 e. The van der Waals surface area contributed by atoms with Crippen molar-refractivity contribution in [2.24, 2.45) is 5.41 Å². The molecule has 0 spiro atoms. The molecule has 0 saturated heterocycles. The van der Waals surface area contributed by atoms with Gasteiger partial charge in [0.25, 0.3) is 0 Å². The van der Waals surface area contributed by atoms with Crippen LogP contribution in [0.3, 0.4) is 0 Å². The predicted molar refractivity (Wildman–Crippen MR) is 65.7 cm³/mol. The molecule has 0 aromatic carbocycles. The second kappa shape index (κ2) is 5.75. The monoisotopic (exact) mass is 199 g/mol. The molecule has 0 bridgehead atoms. The second-order valence-electron chi connectivity index (χ2n) is 5.56. The van der Waals surface area contributed by atoms with Gasteiger partial charge in [0.15, 0.2) is 0 Å². The van der Waals surface area contributed by atoms with E-state index in [2.05, 4.69) is 46.9 Å². The minimum atomic E-state index is 0.253. The highest BCUT2D eigenvalue weighted by Gasteiger charge is 2.26. The number of nitrogens with one attached hydrogen (secondary N) is 1. The van der Waals surface area contributed by atoms with E-state index >= 15 is 0 Å². The highest BCUT2D eigenvalue weighted by Crippen LogP contribution is 2.31. The van der Waals surface area contributed by atoms with E-state index in [1.165, 1.54) is 25.7 Å². The third-order valence-electron chi connectivity index (χ3n) is 3.27. The molecule has 14 heavy (non-hydrogen) atoms. The van der Waals surface area contributed by atoms with Gasteiger partial charge in [-0.15, -0.1) is 0 Å². The molecule has 0 aromatic rings. The summed E-state index contributed by atoms with van der Waals surface area (Å²) >= 11 is 0. The van der Waals surface area contributed by atoms with Gasteiger partial charge in [-0.1, -0.05) is 27.2 Å². The van der Waals surface area contributed by atoms with Gasteiger partial charge in [0, 0.05) is 12.1 Å². The van der Waals surface area contributed by atoms with Crippen molar-refractivity contribution in [3.63, 3.8) is 0 Å². The van der Waals surface area contributed by atoms with Crippen LogP contribution in [0.4, 0.5) is 0 Å². The largest absolute Gasteiger partial charge is 0.312 e. The van der Waals surface area contributed by atoms with Gasteiger partial charge in [-0.05, 0) is 45.4 Å². The second-order valence-corrected chi connectivity index (χ2v) is 5.56. The summed E-state index contributed by atoms with van der Waals surface area (Å²) in [5, 5.41) is 3.65. The van der Waals surface area contributed by atoms with Crippen molar-refractivity contribution in [3.05, 3.63) is 0 Å². The SMILES string of the molecule is CCCC(CC)(CC)CNC(C)(C)C. The van der Waals surface area contributed by atoms with Crippen LogP contribution < -0.4 is 5.32 Å². The van der Waals surface area contributed by atoms with Crippen molar-refractivity contribution < 1.29 is 0 Å².